The minimum absolute atomic E-state index is 0.0868. The molecule has 140 valence electrons. The Labute approximate surface area is 164 Å². The van der Waals surface area contributed by atoms with Crippen LogP contribution in [0.4, 0.5) is 5.69 Å². The molecule has 0 radical (unpaired) electrons. The van der Waals surface area contributed by atoms with E-state index < -0.39 is 18.0 Å². The van der Waals surface area contributed by atoms with E-state index in [9.17, 15) is 19.8 Å². The molecule has 0 bridgehead atoms. The first-order chi connectivity index (χ1) is 12.8. The minimum Gasteiger partial charge on any atom is -0.477 e. The highest BCUT2D eigenvalue weighted by Gasteiger charge is 2.25. The van der Waals surface area contributed by atoms with Crippen molar-refractivity contribution in [3.8, 4) is 0 Å². The summed E-state index contributed by atoms with van der Waals surface area (Å²) in [5, 5.41) is 23.1. The number of hydrogen-bond donors (Lipinski definition) is 3. The van der Waals surface area contributed by atoms with Crippen molar-refractivity contribution < 1.29 is 19.8 Å². The summed E-state index contributed by atoms with van der Waals surface area (Å²) >= 11 is 12.0. The smallest absolute Gasteiger partial charge is 0.354 e. The zero-order chi connectivity index (χ0) is 19.7. The van der Waals surface area contributed by atoms with E-state index in [-0.39, 0.29) is 17.9 Å². The van der Waals surface area contributed by atoms with Gasteiger partial charge in [-0.3, -0.25) is 4.79 Å². The van der Waals surface area contributed by atoms with Gasteiger partial charge in [0.1, 0.15) is 6.10 Å². The first-order valence-corrected chi connectivity index (χ1v) is 8.82. The van der Waals surface area contributed by atoms with Gasteiger partial charge in [0.25, 0.3) is 5.91 Å². The van der Waals surface area contributed by atoms with Crippen LogP contribution in [-0.4, -0.2) is 32.8 Å². The second-order valence-electron chi connectivity index (χ2n) is 6.05. The largest absolute Gasteiger partial charge is 0.477 e. The Bertz CT molecular complexity index is 1040. The van der Waals surface area contributed by atoms with Crippen molar-refractivity contribution >= 4 is 51.7 Å². The SMILES string of the molecule is CC(O)C(=O)Nc1c(C(=O)O)n(Cc2ccc(Cl)c(Cl)c2)c2ccccc12. The average Bonchev–Trinajstić information content (AvgIpc) is 2.92. The van der Waals surface area contributed by atoms with Gasteiger partial charge in [0, 0.05) is 11.9 Å². The van der Waals surface area contributed by atoms with E-state index >= 15 is 0 Å². The highest BCUT2D eigenvalue weighted by molar-refractivity contribution is 6.42. The van der Waals surface area contributed by atoms with Crippen molar-refractivity contribution in [3.63, 3.8) is 0 Å². The number of aromatic carboxylic acids is 1. The molecule has 1 amide bonds. The number of hydrogen-bond acceptors (Lipinski definition) is 3. The molecule has 1 aromatic heterocycles. The molecule has 27 heavy (non-hydrogen) atoms. The maximum Gasteiger partial charge on any atom is 0.354 e. The predicted molar refractivity (Wildman–Crippen MR) is 105 cm³/mol. The average molecular weight is 407 g/mol. The fourth-order valence-electron chi connectivity index (χ4n) is 2.86. The number of aliphatic hydroxyl groups excluding tert-OH is 1. The van der Waals surface area contributed by atoms with Gasteiger partial charge in [-0.1, -0.05) is 47.5 Å². The summed E-state index contributed by atoms with van der Waals surface area (Å²) < 4.78 is 1.58. The van der Waals surface area contributed by atoms with Crippen LogP contribution in [0.3, 0.4) is 0 Å². The second-order valence-corrected chi connectivity index (χ2v) is 6.86. The number of halogens is 2. The van der Waals surface area contributed by atoms with Gasteiger partial charge in [-0.05, 0) is 30.7 Å². The quantitative estimate of drug-likeness (QED) is 0.596. The number of amides is 1. The van der Waals surface area contributed by atoms with E-state index in [4.69, 9.17) is 23.2 Å². The molecule has 1 heterocycles. The molecular weight excluding hydrogens is 391 g/mol. The molecule has 3 rings (SSSR count). The molecule has 8 heteroatoms. The molecular formula is C19H16Cl2N2O4. The maximum absolute atomic E-state index is 12.0. The maximum atomic E-state index is 12.0. The normalized spacial score (nSPS) is 12.1. The minimum atomic E-state index is -1.27. The summed E-state index contributed by atoms with van der Waals surface area (Å²) in [6.45, 7) is 1.52. The van der Waals surface area contributed by atoms with Crippen molar-refractivity contribution in [2.24, 2.45) is 0 Å². The molecule has 6 nitrogen and oxygen atoms in total. The van der Waals surface area contributed by atoms with Crippen LogP contribution in [0.2, 0.25) is 10.0 Å². The van der Waals surface area contributed by atoms with Gasteiger partial charge in [-0.2, -0.15) is 0 Å². The highest BCUT2D eigenvalue weighted by atomic mass is 35.5. The van der Waals surface area contributed by atoms with Gasteiger partial charge in [0.05, 0.1) is 21.2 Å². The molecule has 2 aromatic carbocycles. The number of nitrogens with zero attached hydrogens (tertiary/aromatic N) is 1. The Hall–Kier alpha value is -2.54. The fourth-order valence-corrected chi connectivity index (χ4v) is 3.19. The number of carbonyl (C=O) groups excluding carboxylic acids is 1. The Morgan fingerprint density at radius 3 is 2.48 bits per heavy atom. The molecule has 0 aliphatic carbocycles. The highest BCUT2D eigenvalue weighted by Crippen LogP contribution is 2.33. The molecule has 0 aliphatic rings. The Kier molecular flexibility index (Phi) is 5.41. The van der Waals surface area contributed by atoms with Crippen LogP contribution in [0.5, 0.6) is 0 Å². The summed E-state index contributed by atoms with van der Waals surface area (Å²) in [5.41, 5.74) is 1.43. The van der Waals surface area contributed by atoms with Crippen molar-refractivity contribution in [2.45, 2.75) is 19.6 Å². The van der Waals surface area contributed by atoms with Gasteiger partial charge in [0.15, 0.2) is 5.69 Å². The molecule has 0 aliphatic heterocycles. The van der Waals surface area contributed by atoms with Gasteiger partial charge >= 0.3 is 5.97 Å². The number of carboxylic acid groups (broad SMARTS) is 1. The lowest BCUT2D eigenvalue weighted by Crippen LogP contribution is -2.25. The third kappa shape index (κ3) is 3.78. The van der Waals surface area contributed by atoms with Crippen LogP contribution in [0, 0.1) is 0 Å². The second kappa shape index (κ2) is 7.60. The summed E-state index contributed by atoms with van der Waals surface area (Å²) in [6.07, 6.45) is -1.27. The number of nitrogens with one attached hydrogen (secondary N) is 1. The van der Waals surface area contributed by atoms with Gasteiger partial charge in [0.2, 0.25) is 0 Å². The monoisotopic (exact) mass is 406 g/mol. The number of benzene rings is 2. The number of aliphatic hydroxyl groups is 1. The van der Waals surface area contributed by atoms with Crippen LogP contribution in [-0.2, 0) is 11.3 Å². The standard InChI is InChI=1S/C19H16Cl2N2O4/c1-10(24)18(25)22-16-12-4-2-3-5-15(12)23(17(16)19(26)27)9-11-6-7-13(20)14(21)8-11/h2-8,10,24H,9H2,1H3,(H,22,25)(H,26,27). The van der Waals surface area contributed by atoms with Gasteiger partial charge in [-0.15, -0.1) is 0 Å². The number of rotatable bonds is 5. The summed E-state index contributed by atoms with van der Waals surface area (Å²) in [4.78, 5) is 24.0. The Balaban J connectivity index is 2.19. The first kappa shape index (κ1) is 19.2. The van der Waals surface area contributed by atoms with Gasteiger partial charge in [-0.25, -0.2) is 4.79 Å². The molecule has 3 aromatic rings. The van der Waals surface area contributed by atoms with E-state index in [2.05, 4.69) is 5.32 Å². The van der Waals surface area contributed by atoms with Crippen molar-refractivity contribution in [3.05, 3.63) is 63.8 Å². The van der Waals surface area contributed by atoms with Crippen LogP contribution >= 0.6 is 23.2 Å². The molecule has 0 saturated heterocycles. The van der Waals surface area contributed by atoms with Crippen molar-refractivity contribution in [1.82, 2.24) is 4.57 Å². The zero-order valence-electron chi connectivity index (χ0n) is 14.2. The van der Waals surface area contributed by atoms with Crippen LogP contribution in [0.25, 0.3) is 10.9 Å². The molecule has 1 unspecified atom stereocenters. The number of carboxylic acids is 1. The summed E-state index contributed by atoms with van der Waals surface area (Å²) in [6, 6.07) is 12.1. The van der Waals surface area contributed by atoms with E-state index in [1.807, 2.05) is 0 Å². The van der Waals surface area contributed by atoms with Crippen LogP contribution < -0.4 is 5.32 Å². The van der Waals surface area contributed by atoms with E-state index in [1.54, 1.807) is 47.0 Å². The van der Waals surface area contributed by atoms with E-state index in [0.29, 0.717) is 20.9 Å². The molecule has 0 saturated carbocycles. The first-order valence-electron chi connectivity index (χ1n) is 8.07. The topological polar surface area (TPSA) is 91.6 Å². The van der Waals surface area contributed by atoms with Crippen LogP contribution in [0.1, 0.15) is 23.0 Å². The lowest BCUT2D eigenvalue weighted by molar-refractivity contribution is -0.123. The third-order valence-electron chi connectivity index (χ3n) is 4.13. The number of aromatic nitrogens is 1. The number of fused-ring (bicyclic) bond motifs is 1. The number of carbonyl (C=O) groups is 2. The van der Waals surface area contributed by atoms with Gasteiger partial charge < -0.3 is 20.1 Å². The third-order valence-corrected chi connectivity index (χ3v) is 4.86. The van der Waals surface area contributed by atoms with E-state index in [1.165, 1.54) is 6.92 Å². The fraction of sp³-hybridized carbons (Fsp3) is 0.158. The molecule has 1 atom stereocenters. The Morgan fingerprint density at radius 1 is 1.15 bits per heavy atom. The molecule has 3 N–H and O–H groups in total. The lowest BCUT2D eigenvalue weighted by Gasteiger charge is -2.11. The van der Waals surface area contributed by atoms with Crippen molar-refractivity contribution in [2.75, 3.05) is 5.32 Å². The zero-order valence-corrected chi connectivity index (χ0v) is 15.8. The summed E-state index contributed by atoms with van der Waals surface area (Å²) in [5.74, 6) is -1.89. The number of para-hydroxylation sites is 1. The Morgan fingerprint density at radius 2 is 1.85 bits per heavy atom. The van der Waals surface area contributed by atoms with Crippen molar-refractivity contribution in [1.29, 1.82) is 0 Å². The van der Waals surface area contributed by atoms with Crippen LogP contribution in [0.15, 0.2) is 42.5 Å². The predicted octanol–water partition coefficient (Wildman–Crippen LogP) is 4.01. The lowest BCUT2D eigenvalue weighted by atomic mass is 10.2. The summed E-state index contributed by atoms with van der Waals surface area (Å²) in [7, 11) is 0. The number of anilines is 1. The molecule has 0 fully saturated rings. The van der Waals surface area contributed by atoms with E-state index in [0.717, 1.165) is 5.56 Å². The molecule has 0 spiro atoms.